The molecule has 31 heavy (non-hydrogen) atoms. The normalized spacial score (nSPS) is 21.2. The molecule has 0 N–H and O–H groups in total. The summed E-state index contributed by atoms with van der Waals surface area (Å²) in [7, 11) is -7.42. The van der Waals surface area contributed by atoms with E-state index in [-0.39, 0.29) is 21.6 Å². The molecule has 4 atom stereocenters. The largest absolute Gasteiger partial charge is 0.414 e. The predicted molar refractivity (Wildman–Crippen MR) is 150 cm³/mol. The van der Waals surface area contributed by atoms with Gasteiger partial charge in [0, 0.05) is 16.4 Å². The van der Waals surface area contributed by atoms with Crippen LogP contribution in [-0.2, 0) is 13.3 Å². The maximum absolute atomic E-state index is 7.23. The van der Waals surface area contributed by atoms with Crippen LogP contribution in [0.3, 0.4) is 0 Å². The van der Waals surface area contributed by atoms with Gasteiger partial charge in [-0.15, -0.1) is 0 Å². The second-order valence-electron chi connectivity index (χ2n) is 13.3. The number of hydrogen-bond donors (Lipinski definition) is 0. The highest BCUT2D eigenvalue weighted by Gasteiger charge is 2.56. The van der Waals surface area contributed by atoms with E-state index in [4.69, 9.17) is 13.3 Å². The molecule has 188 valence electrons. The van der Waals surface area contributed by atoms with E-state index >= 15 is 0 Å². The van der Waals surface area contributed by atoms with Gasteiger partial charge in [0.05, 0.1) is 13.3 Å². The van der Waals surface area contributed by atoms with Crippen LogP contribution in [0.5, 0.6) is 0 Å². The van der Waals surface area contributed by atoms with Gasteiger partial charge < -0.3 is 13.3 Å². The molecule has 0 bridgehead atoms. The topological polar surface area (TPSA) is 27.7 Å². The van der Waals surface area contributed by atoms with Gasteiger partial charge in [0.25, 0.3) is 0 Å². The molecule has 0 aromatic rings. The van der Waals surface area contributed by atoms with Crippen molar-refractivity contribution < 1.29 is 13.3 Å². The van der Waals surface area contributed by atoms with Gasteiger partial charge in [-0.05, 0) is 85.9 Å². The smallest absolute Gasteiger partial charge is 0.216 e. The Morgan fingerprint density at radius 3 is 1.32 bits per heavy atom. The third-order valence-electron chi connectivity index (χ3n) is 8.70. The molecule has 0 heterocycles. The van der Waals surface area contributed by atoms with Crippen LogP contribution in [0, 0.1) is 0 Å². The van der Waals surface area contributed by atoms with Crippen LogP contribution >= 0.6 is 0 Å². The van der Waals surface area contributed by atoms with Gasteiger partial charge in [0.1, 0.15) is 0 Å². The first-order valence-electron chi connectivity index (χ1n) is 12.6. The summed E-state index contributed by atoms with van der Waals surface area (Å²) in [6, 6.07) is 0. The lowest BCUT2D eigenvalue weighted by Crippen LogP contribution is -2.64. The van der Waals surface area contributed by atoms with Crippen molar-refractivity contribution in [3.8, 4) is 0 Å². The van der Waals surface area contributed by atoms with Crippen molar-refractivity contribution in [3.63, 3.8) is 0 Å². The van der Waals surface area contributed by atoms with Gasteiger partial charge in [-0.3, -0.25) is 0 Å². The molecule has 0 aromatic carbocycles. The zero-order valence-electron chi connectivity index (χ0n) is 24.4. The van der Waals surface area contributed by atoms with Gasteiger partial charge in [0.15, 0.2) is 16.6 Å². The fraction of sp³-hybridized carbons (Fsp3) is 1.00. The molecule has 7 heteroatoms. The Hall–Kier alpha value is 0.748. The van der Waals surface area contributed by atoms with E-state index in [9.17, 15) is 0 Å². The first-order chi connectivity index (χ1) is 13.5. The van der Waals surface area contributed by atoms with Gasteiger partial charge in [-0.25, -0.2) is 0 Å². The fourth-order valence-electron chi connectivity index (χ4n) is 4.63. The molecule has 0 saturated heterocycles. The summed E-state index contributed by atoms with van der Waals surface area (Å²) in [4.78, 5) is 0. The third-order valence-corrected chi connectivity index (χ3v) is 22.2. The molecule has 4 unspecified atom stereocenters. The minimum atomic E-state index is -2.15. The SMILES string of the molecule is CCC(C)(O[Si](C)(C)C(C)(CC)C(C)O[Si](C)(C)C(C)(CC)O[Si](C)(C)C)[Si](C)(C)C. The van der Waals surface area contributed by atoms with Crippen molar-refractivity contribution in [1.82, 2.24) is 0 Å². The Bertz CT molecular complexity index is 582. The molecular weight excluding hydrogens is 449 g/mol. The molecule has 0 aromatic heterocycles. The highest BCUT2D eigenvalue weighted by molar-refractivity contribution is 6.81. The summed E-state index contributed by atoms with van der Waals surface area (Å²) in [5.74, 6) is 0. The van der Waals surface area contributed by atoms with Crippen molar-refractivity contribution >= 4 is 33.0 Å². The van der Waals surface area contributed by atoms with Crippen molar-refractivity contribution in [2.75, 3.05) is 0 Å². The van der Waals surface area contributed by atoms with E-state index in [1.165, 1.54) is 0 Å². The van der Waals surface area contributed by atoms with Gasteiger partial charge in [-0.2, -0.15) is 0 Å². The van der Waals surface area contributed by atoms with E-state index < -0.39 is 33.0 Å². The minimum absolute atomic E-state index is 0.00923. The van der Waals surface area contributed by atoms with Crippen LogP contribution in [0.25, 0.3) is 0 Å². The lowest BCUT2D eigenvalue weighted by Gasteiger charge is -2.55. The Morgan fingerprint density at radius 2 is 1.03 bits per heavy atom. The van der Waals surface area contributed by atoms with E-state index in [1.54, 1.807) is 0 Å². The minimum Gasteiger partial charge on any atom is -0.414 e. The van der Waals surface area contributed by atoms with Crippen molar-refractivity contribution in [3.05, 3.63) is 0 Å². The van der Waals surface area contributed by atoms with E-state index in [2.05, 4.69) is 114 Å². The summed E-state index contributed by atoms with van der Waals surface area (Å²) in [5, 5.41) is -0.158. The van der Waals surface area contributed by atoms with E-state index in [1.807, 2.05) is 0 Å². The standard InChI is InChI=1S/C24H58O3Si4/c1-18-22(5,30(14,15)27-23(6,19-2)28(8,9)10)21(4)25-31(16,17)24(7,20-3)26-29(11,12)13/h21H,18-20H2,1-17H3. The highest BCUT2D eigenvalue weighted by Crippen LogP contribution is 2.50. The highest BCUT2D eigenvalue weighted by atomic mass is 28.4. The molecule has 0 aliphatic carbocycles. The lowest BCUT2D eigenvalue weighted by atomic mass is 10.0. The van der Waals surface area contributed by atoms with Crippen LogP contribution < -0.4 is 0 Å². The Labute approximate surface area is 200 Å². The quantitative estimate of drug-likeness (QED) is 0.234. The molecule has 0 aliphatic heterocycles. The van der Waals surface area contributed by atoms with Crippen LogP contribution in [-0.4, -0.2) is 49.6 Å². The molecule has 0 amide bonds. The molecule has 0 fully saturated rings. The van der Waals surface area contributed by atoms with Crippen molar-refractivity contribution in [2.24, 2.45) is 0 Å². The summed E-state index contributed by atoms with van der Waals surface area (Å²) < 4.78 is 21.1. The second-order valence-corrected chi connectivity index (χ2v) is 32.0. The third kappa shape index (κ3) is 7.12. The van der Waals surface area contributed by atoms with Gasteiger partial charge in [-0.1, -0.05) is 47.3 Å². The Balaban J connectivity index is 6.04. The Morgan fingerprint density at radius 1 is 0.613 bits per heavy atom. The van der Waals surface area contributed by atoms with Crippen LogP contribution in [0.2, 0.25) is 70.5 Å². The summed E-state index contributed by atoms with van der Waals surface area (Å²) in [5.41, 5.74) is 0. The van der Waals surface area contributed by atoms with Crippen LogP contribution in [0.1, 0.15) is 67.7 Å². The first-order valence-corrected chi connectivity index (χ1v) is 25.3. The van der Waals surface area contributed by atoms with Crippen LogP contribution in [0.4, 0.5) is 0 Å². The first kappa shape index (κ1) is 31.7. The average molecular weight is 507 g/mol. The monoisotopic (exact) mass is 506 g/mol. The lowest BCUT2D eigenvalue weighted by molar-refractivity contribution is 0.0673. The zero-order valence-corrected chi connectivity index (χ0v) is 28.4. The fourth-order valence-corrected chi connectivity index (χ4v) is 16.8. The summed E-state index contributed by atoms with van der Waals surface area (Å²) in [6.07, 6.45) is 3.28. The molecule has 0 spiro atoms. The number of hydrogen-bond acceptors (Lipinski definition) is 3. The summed E-state index contributed by atoms with van der Waals surface area (Å²) >= 11 is 0. The average Bonchev–Trinajstić information content (AvgIpc) is 2.56. The molecule has 0 rings (SSSR count). The molecule has 0 aliphatic rings. The van der Waals surface area contributed by atoms with E-state index in [0.717, 1.165) is 19.3 Å². The second kappa shape index (κ2) is 10.2. The molecule has 0 saturated carbocycles. The zero-order chi connectivity index (χ0) is 25.3. The van der Waals surface area contributed by atoms with Gasteiger partial charge >= 0.3 is 0 Å². The van der Waals surface area contributed by atoms with Crippen molar-refractivity contribution in [1.29, 1.82) is 0 Å². The van der Waals surface area contributed by atoms with Crippen LogP contribution in [0.15, 0.2) is 0 Å². The molecule has 0 radical (unpaired) electrons. The van der Waals surface area contributed by atoms with Gasteiger partial charge in [0.2, 0.25) is 8.32 Å². The Kier molecular flexibility index (Phi) is 10.4. The van der Waals surface area contributed by atoms with E-state index in [0.29, 0.717) is 0 Å². The molecular formula is C24H58O3Si4. The molecule has 3 nitrogen and oxygen atoms in total. The maximum atomic E-state index is 7.23. The maximum Gasteiger partial charge on any atom is 0.216 e. The van der Waals surface area contributed by atoms with Crippen molar-refractivity contribution in [2.45, 2.75) is 155 Å². The predicted octanol–water partition coefficient (Wildman–Crippen LogP) is 8.59. The summed E-state index contributed by atoms with van der Waals surface area (Å²) in [6.45, 7) is 40.0. The number of rotatable bonds is 13.